The van der Waals surface area contributed by atoms with Gasteiger partial charge in [0.25, 0.3) is 11.5 Å². The van der Waals surface area contributed by atoms with E-state index in [0.29, 0.717) is 26.7 Å². The Hall–Kier alpha value is -3.20. The van der Waals surface area contributed by atoms with Crippen LogP contribution in [-0.2, 0) is 11.3 Å². The number of fused-ring (bicyclic) bond motifs is 1. The first-order valence-electron chi connectivity index (χ1n) is 7.57. The van der Waals surface area contributed by atoms with E-state index in [1.807, 2.05) is 0 Å². The lowest BCUT2D eigenvalue weighted by Crippen LogP contribution is -2.24. The van der Waals surface area contributed by atoms with Crippen LogP contribution in [0.5, 0.6) is 5.75 Å². The first-order valence-corrected chi connectivity index (χ1v) is 8.38. The second-order valence-corrected chi connectivity index (χ2v) is 6.46. The van der Waals surface area contributed by atoms with Crippen LogP contribution in [0.1, 0.15) is 15.2 Å². The van der Waals surface area contributed by atoms with E-state index in [-0.39, 0.29) is 11.3 Å². The summed E-state index contributed by atoms with van der Waals surface area (Å²) in [5.74, 6) is -1.02. The zero-order chi connectivity index (χ0) is 18.8. The molecule has 8 nitrogen and oxygen atoms in total. The minimum atomic E-state index is -1.14. The summed E-state index contributed by atoms with van der Waals surface area (Å²) in [6, 6.07) is 6.98. The van der Waals surface area contributed by atoms with Crippen molar-refractivity contribution in [1.29, 1.82) is 0 Å². The Kier molecular flexibility index (Phi) is 4.72. The number of aliphatic carboxylic acids is 1. The molecule has 134 valence electrons. The molecular formula is C17H15N3O5S. The maximum atomic E-state index is 12.7. The molecule has 0 bridgehead atoms. The topological polar surface area (TPSA) is 111 Å². The van der Waals surface area contributed by atoms with Crippen molar-refractivity contribution in [1.82, 2.24) is 9.55 Å². The van der Waals surface area contributed by atoms with Gasteiger partial charge in [0.05, 0.1) is 29.4 Å². The predicted octanol–water partition coefficient (Wildman–Crippen LogP) is 2.11. The van der Waals surface area contributed by atoms with Gasteiger partial charge < -0.3 is 15.2 Å². The van der Waals surface area contributed by atoms with Crippen LogP contribution in [0.4, 0.5) is 5.69 Å². The zero-order valence-electron chi connectivity index (χ0n) is 14.0. The summed E-state index contributed by atoms with van der Waals surface area (Å²) in [4.78, 5) is 40.8. The van der Waals surface area contributed by atoms with Gasteiger partial charge in [-0.25, -0.2) is 4.98 Å². The Morgan fingerprint density at radius 1 is 1.35 bits per heavy atom. The van der Waals surface area contributed by atoms with Crippen LogP contribution in [0.3, 0.4) is 0 Å². The summed E-state index contributed by atoms with van der Waals surface area (Å²) in [5, 5.41) is 11.9. The highest BCUT2D eigenvalue weighted by Crippen LogP contribution is 2.29. The average molecular weight is 373 g/mol. The number of hydrogen-bond acceptors (Lipinski definition) is 6. The Morgan fingerprint density at radius 3 is 2.77 bits per heavy atom. The van der Waals surface area contributed by atoms with Crippen molar-refractivity contribution in [2.45, 2.75) is 13.5 Å². The summed E-state index contributed by atoms with van der Waals surface area (Å²) < 4.78 is 6.22. The number of amides is 1. The van der Waals surface area contributed by atoms with Crippen molar-refractivity contribution in [3.63, 3.8) is 0 Å². The second-order valence-electron chi connectivity index (χ2n) is 5.46. The number of para-hydroxylation sites is 2. The molecule has 0 fully saturated rings. The SMILES string of the molecule is COc1ccccc1NC(=O)c1sc2ncn(CC(=O)O)c(=O)c2c1C. The molecule has 1 amide bonds. The Balaban J connectivity index is 2.01. The van der Waals surface area contributed by atoms with Crippen molar-refractivity contribution in [2.24, 2.45) is 0 Å². The molecule has 0 saturated carbocycles. The lowest BCUT2D eigenvalue weighted by atomic mass is 10.2. The van der Waals surface area contributed by atoms with Gasteiger partial charge in [-0.05, 0) is 24.6 Å². The molecule has 3 aromatic rings. The summed E-state index contributed by atoms with van der Waals surface area (Å²) >= 11 is 1.08. The van der Waals surface area contributed by atoms with Gasteiger partial charge in [-0.1, -0.05) is 12.1 Å². The number of carbonyl (C=O) groups excluding carboxylic acids is 1. The number of carboxylic acids is 1. The number of carboxylic acid groups (broad SMARTS) is 1. The summed E-state index contributed by atoms with van der Waals surface area (Å²) in [6.07, 6.45) is 1.18. The van der Waals surface area contributed by atoms with Crippen LogP contribution in [0.25, 0.3) is 10.2 Å². The number of carbonyl (C=O) groups is 2. The van der Waals surface area contributed by atoms with Gasteiger partial charge in [0, 0.05) is 0 Å². The number of rotatable bonds is 5. The quantitative estimate of drug-likeness (QED) is 0.709. The van der Waals surface area contributed by atoms with E-state index in [1.54, 1.807) is 31.2 Å². The third-order valence-electron chi connectivity index (χ3n) is 3.78. The molecule has 3 rings (SSSR count). The highest BCUT2D eigenvalue weighted by Gasteiger charge is 2.20. The molecule has 2 heterocycles. The van der Waals surface area contributed by atoms with E-state index in [4.69, 9.17) is 9.84 Å². The molecule has 0 atom stereocenters. The van der Waals surface area contributed by atoms with Crippen LogP contribution >= 0.6 is 11.3 Å². The molecule has 0 aliphatic carbocycles. The maximum absolute atomic E-state index is 12.7. The van der Waals surface area contributed by atoms with Crippen molar-refractivity contribution in [3.8, 4) is 5.75 Å². The molecule has 0 spiro atoms. The van der Waals surface area contributed by atoms with Crippen molar-refractivity contribution in [3.05, 3.63) is 51.4 Å². The van der Waals surface area contributed by atoms with Gasteiger partial charge in [0.15, 0.2) is 0 Å². The molecule has 0 unspecified atom stereocenters. The van der Waals surface area contributed by atoms with Gasteiger partial charge in [-0.2, -0.15) is 0 Å². The molecule has 0 radical (unpaired) electrons. The van der Waals surface area contributed by atoms with Crippen molar-refractivity contribution >= 4 is 39.1 Å². The molecule has 2 N–H and O–H groups in total. The fraction of sp³-hybridized carbons (Fsp3) is 0.176. The maximum Gasteiger partial charge on any atom is 0.323 e. The summed E-state index contributed by atoms with van der Waals surface area (Å²) in [5.41, 5.74) is 0.491. The number of ether oxygens (including phenoxy) is 1. The molecule has 26 heavy (non-hydrogen) atoms. The number of benzene rings is 1. The van der Waals surface area contributed by atoms with Gasteiger partial charge >= 0.3 is 5.97 Å². The average Bonchev–Trinajstić information content (AvgIpc) is 2.95. The number of aromatic nitrogens is 2. The van der Waals surface area contributed by atoms with E-state index in [1.165, 1.54) is 13.4 Å². The Labute approximate surface area is 151 Å². The minimum Gasteiger partial charge on any atom is -0.495 e. The highest BCUT2D eigenvalue weighted by molar-refractivity contribution is 7.20. The molecule has 0 aliphatic heterocycles. The second kappa shape index (κ2) is 6.96. The summed E-state index contributed by atoms with van der Waals surface area (Å²) in [6.45, 7) is 1.16. The number of aryl methyl sites for hydroxylation is 1. The smallest absolute Gasteiger partial charge is 0.323 e. The molecule has 0 saturated heterocycles. The number of thiophene rings is 1. The third kappa shape index (κ3) is 3.16. The third-order valence-corrected chi connectivity index (χ3v) is 4.98. The number of nitrogens with zero attached hydrogens (tertiary/aromatic N) is 2. The van der Waals surface area contributed by atoms with Crippen LogP contribution in [0, 0.1) is 6.92 Å². The molecule has 0 aliphatic rings. The van der Waals surface area contributed by atoms with Gasteiger partial charge in [-0.15, -0.1) is 11.3 Å². The fourth-order valence-electron chi connectivity index (χ4n) is 2.56. The van der Waals surface area contributed by atoms with E-state index < -0.39 is 18.1 Å². The standard InChI is InChI=1S/C17H15N3O5S/c1-9-13-16(18-8-20(17(13)24)7-12(21)22)26-14(9)15(23)19-10-5-3-4-6-11(10)25-2/h3-6,8H,7H2,1-2H3,(H,19,23)(H,21,22). The van der Waals surface area contributed by atoms with E-state index in [2.05, 4.69) is 10.3 Å². The van der Waals surface area contributed by atoms with Crippen LogP contribution in [0.15, 0.2) is 35.4 Å². The van der Waals surface area contributed by atoms with Crippen LogP contribution in [0.2, 0.25) is 0 Å². The van der Waals surface area contributed by atoms with Gasteiger partial charge in [0.2, 0.25) is 0 Å². The largest absolute Gasteiger partial charge is 0.495 e. The number of anilines is 1. The minimum absolute atomic E-state index is 0.254. The molecular weight excluding hydrogens is 358 g/mol. The van der Waals surface area contributed by atoms with Crippen molar-refractivity contribution < 1.29 is 19.4 Å². The first-order chi connectivity index (χ1) is 12.4. The normalized spacial score (nSPS) is 10.7. The zero-order valence-corrected chi connectivity index (χ0v) is 14.8. The van der Waals surface area contributed by atoms with Gasteiger partial charge in [0.1, 0.15) is 17.1 Å². The van der Waals surface area contributed by atoms with E-state index >= 15 is 0 Å². The van der Waals surface area contributed by atoms with Crippen LogP contribution in [-0.4, -0.2) is 33.6 Å². The van der Waals surface area contributed by atoms with E-state index in [0.717, 1.165) is 15.9 Å². The molecule has 1 aromatic carbocycles. The predicted molar refractivity (Wildman–Crippen MR) is 97.2 cm³/mol. The molecule has 2 aromatic heterocycles. The monoisotopic (exact) mass is 373 g/mol. The lowest BCUT2D eigenvalue weighted by molar-refractivity contribution is -0.137. The number of methoxy groups -OCH3 is 1. The first kappa shape index (κ1) is 17.6. The fourth-order valence-corrected chi connectivity index (χ4v) is 3.60. The van der Waals surface area contributed by atoms with Crippen LogP contribution < -0.4 is 15.6 Å². The Morgan fingerprint density at radius 2 is 2.08 bits per heavy atom. The van der Waals surface area contributed by atoms with Crippen molar-refractivity contribution in [2.75, 3.05) is 12.4 Å². The highest BCUT2D eigenvalue weighted by atomic mass is 32.1. The molecule has 9 heteroatoms. The van der Waals surface area contributed by atoms with Gasteiger partial charge in [-0.3, -0.25) is 19.0 Å². The van der Waals surface area contributed by atoms with E-state index in [9.17, 15) is 14.4 Å². The number of nitrogens with one attached hydrogen (secondary N) is 1. The Bertz CT molecular complexity index is 1070. The lowest BCUT2D eigenvalue weighted by Gasteiger charge is -2.09. The summed E-state index contributed by atoms with van der Waals surface area (Å²) in [7, 11) is 1.50. The number of hydrogen-bond donors (Lipinski definition) is 2.